The van der Waals surface area contributed by atoms with E-state index in [4.69, 9.17) is 10.1 Å². The number of rotatable bonds is 4. The van der Waals surface area contributed by atoms with Gasteiger partial charge in [-0.2, -0.15) is 10.4 Å². The summed E-state index contributed by atoms with van der Waals surface area (Å²) in [6, 6.07) is 8.27. The van der Waals surface area contributed by atoms with E-state index in [1.54, 1.807) is 0 Å². The van der Waals surface area contributed by atoms with Crippen molar-refractivity contribution in [3.8, 4) is 6.07 Å². The molecule has 26 heavy (non-hydrogen) atoms. The van der Waals surface area contributed by atoms with E-state index in [9.17, 15) is 5.26 Å². The fraction of sp³-hybridized carbons (Fsp3) is 0.476. The largest absolute Gasteiger partial charge is 0.384 e. The summed E-state index contributed by atoms with van der Waals surface area (Å²) < 4.78 is 2.11. The first kappa shape index (κ1) is 16.8. The van der Waals surface area contributed by atoms with E-state index in [-0.39, 0.29) is 0 Å². The molecule has 0 aliphatic heterocycles. The maximum Gasteiger partial charge on any atom is 0.160 e. The molecular weight excluding hydrogens is 322 g/mol. The van der Waals surface area contributed by atoms with Crippen LogP contribution in [0.1, 0.15) is 57.6 Å². The van der Waals surface area contributed by atoms with E-state index in [1.807, 2.05) is 24.4 Å². The minimum atomic E-state index is 0.352. The molecule has 0 radical (unpaired) electrons. The Balaban J connectivity index is 1.88. The molecule has 4 rings (SSSR count). The highest BCUT2D eigenvalue weighted by Gasteiger charge is 2.24. The summed E-state index contributed by atoms with van der Waals surface area (Å²) >= 11 is 0. The number of nitrogens with one attached hydrogen (secondary N) is 1. The first-order valence-electron chi connectivity index (χ1n) is 9.68. The predicted molar refractivity (Wildman–Crippen MR) is 105 cm³/mol. The molecule has 0 saturated heterocycles. The van der Waals surface area contributed by atoms with Crippen molar-refractivity contribution in [1.29, 1.82) is 5.26 Å². The van der Waals surface area contributed by atoms with Gasteiger partial charge in [0.05, 0.1) is 40.5 Å². The molecule has 0 spiro atoms. The van der Waals surface area contributed by atoms with E-state index in [2.05, 4.69) is 29.9 Å². The first-order chi connectivity index (χ1) is 12.7. The van der Waals surface area contributed by atoms with Gasteiger partial charge in [0.15, 0.2) is 5.65 Å². The molecule has 2 aromatic heterocycles. The lowest BCUT2D eigenvalue weighted by atomic mass is 9.84. The number of aromatic nitrogens is 3. The molecule has 0 unspecified atom stereocenters. The number of nitrogens with zero attached hydrogens (tertiary/aromatic N) is 4. The third-order valence-electron chi connectivity index (χ3n) is 5.73. The molecule has 5 nitrogen and oxygen atoms in total. The number of hydrogen-bond acceptors (Lipinski definition) is 4. The Kier molecular flexibility index (Phi) is 4.50. The van der Waals surface area contributed by atoms with Crippen LogP contribution < -0.4 is 5.32 Å². The number of nitriles is 1. The van der Waals surface area contributed by atoms with E-state index < -0.39 is 0 Å². The number of hydrogen-bond donors (Lipinski definition) is 1. The SMILES string of the molecule is CCNc1c2cc(C#N)ccc2nc2c1cnn2[C@@H](C)C1CCCCC1. The Morgan fingerprint density at radius 1 is 1.27 bits per heavy atom. The van der Waals surface area contributed by atoms with Crippen LogP contribution in [0.2, 0.25) is 0 Å². The van der Waals surface area contributed by atoms with Gasteiger partial charge in [0, 0.05) is 11.9 Å². The van der Waals surface area contributed by atoms with Gasteiger partial charge in [-0.05, 0) is 50.8 Å². The van der Waals surface area contributed by atoms with Crippen LogP contribution in [0.3, 0.4) is 0 Å². The van der Waals surface area contributed by atoms with E-state index in [0.29, 0.717) is 17.5 Å². The van der Waals surface area contributed by atoms with Crippen molar-refractivity contribution < 1.29 is 0 Å². The topological polar surface area (TPSA) is 66.5 Å². The maximum atomic E-state index is 9.24. The van der Waals surface area contributed by atoms with Crippen molar-refractivity contribution in [1.82, 2.24) is 14.8 Å². The van der Waals surface area contributed by atoms with Gasteiger partial charge in [-0.15, -0.1) is 0 Å². The number of anilines is 1. The molecule has 1 atom stereocenters. The van der Waals surface area contributed by atoms with Crippen LogP contribution in [-0.4, -0.2) is 21.3 Å². The highest BCUT2D eigenvalue weighted by molar-refractivity contribution is 6.06. The summed E-state index contributed by atoms with van der Waals surface area (Å²) in [4.78, 5) is 4.92. The smallest absolute Gasteiger partial charge is 0.160 e. The van der Waals surface area contributed by atoms with Crippen molar-refractivity contribution in [2.45, 2.75) is 52.0 Å². The fourth-order valence-electron chi connectivity index (χ4n) is 4.29. The second kappa shape index (κ2) is 6.95. The lowest BCUT2D eigenvalue weighted by Crippen LogP contribution is -2.20. The van der Waals surface area contributed by atoms with E-state index in [0.717, 1.165) is 34.2 Å². The zero-order chi connectivity index (χ0) is 18.1. The molecule has 1 aromatic carbocycles. The highest BCUT2D eigenvalue weighted by atomic mass is 15.3. The number of fused-ring (bicyclic) bond motifs is 2. The average Bonchev–Trinajstić information content (AvgIpc) is 3.11. The van der Waals surface area contributed by atoms with Crippen LogP contribution in [0.4, 0.5) is 5.69 Å². The zero-order valence-electron chi connectivity index (χ0n) is 15.5. The Labute approximate surface area is 154 Å². The summed E-state index contributed by atoms with van der Waals surface area (Å²) in [5, 5.41) is 19.5. The van der Waals surface area contributed by atoms with E-state index in [1.165, 1.54) is 32.1 Å². The zero-order valence-corrected chi connectivity index (χ0v) is 15.5. The molecule has 2 heterocycles. The van der Waals surface area contributed by atoms with Crippen LogP contribution in [0.5, 0.6) is 0 Å². The molecule has 1 fully saturated rings. The van der Waals surface area contributed by atoms with Gasteiger partial charge in [-0.25, -0.2) is 9.67 Å². The standard InChI is InChI=1S/C21H25N5/c1-3-23-20-17-11-15(12-22)9-10-19(17)25-21-18(20)13-24-26(21)14(2)16-7-5-4-6-8-16/h9-11,13-14,16H,3-8H2,1-2H3,(H,23,25)/t14-/m0/s1. The van der Waals surface area contributed by atoms with Crippen LogP contribution >= 0.6 is 0 Å². The second-order valence-corrected chi connectivity index (χ2v) is 7.33. The van der Waals surface area contributed by atoms with Gasteiger partial charge in [0.1, 0.15) is 0 Å². The highest BCUT2D eigenvalue weighted by Crippen LogP contribution is 2.36. The first-order valence-corrected chi connectivity index (χ1v) is 9.68. The third kappa shape index (κ3) is 2.80. The second-order valence-electron chi connectivity index (χ2n) is 7.33. The van der Waals surface area contributed by atoms with Gasteiger partial charge < -0.3 is 5.32 Å². The van der Waals surface area contributed by atoms with Gasteiger partial charge >= 0.3 is 0 Å². The van der Waals surface area contributed by atoms with Gasteiger partial charge in [0.2, 0.25) is 0 Å². The molecule has 1 N–H and O–H groups in total. The van der Waals surface area contributed by atoms with Crippen molar-refractivity contribution in [2.75, 3.05) is 11.9 Å². The molecule has 1 saturated carbocycles. The Morgan fingerprint density at radius 3 is 2.81 bits per heavy atom. The van der Waals surface area contributed by atoms with Crippen molar-refractivity contribution in [3.63, 3.8) is 0 Å². The molecule has 1 aliphatic rings. The Morgan fingerprint density at radius 2 is 2.08 bits per heavy atom. The molecule has 0 amide bonds. The minimum Gasteiger partial charge on any atom is -0.384 e. The van der Waals surface area contributed by atoms with Gasteiger partial charge in [0.25, 0.3) is 0 Å². The molecular formula is C21H25N5. The van der Waals surface area contributed by atoms with Crippen molar-refractivity contribution >= 4 is 27.6 Å². The normalized spacial score (nSPS) is 16.7. The maximum absolute atomic E-state index is 9.24. The summed E-state index contributed by atoms with van der Waals surface area (Å²) in [7, 11) is 0. The molecule has 1 aliphatic carbocycles. The van der Waals surface area contributed by atoms with Crippen LogP contribution in [0.25, 0.3) is 21.9 Å². The van der Waals surface area contributed by atoms with Crippen LogP contribution in [0, 0.1) is 17.2 Å². The summed E-state index contributed by atoms with van der Waals surface area (Å²) in [6.07, 6.45) is 8.49. The average molecular weight is 347 g/mol. The minimum absolute atomic E-state index is 0.352. The number of pyridine rings is 1. The molecule has 5 heteroatoms. The summed E-state index contributed by atoms with van der Waals surface area (Å²) in [6.45, 7) is 5.18. The Hall–Kier alpha value is -2.61. The lowest BCUT2D eigenvalue weighted by molar-refractivity contribution is 0.254. The quantitative estimate of drug-likeness (QED) is 0.719. The van der Waals surface area contributed by atoms with Crippen molar-refractivity contribution in [3.05, 3.63) is 30.0 Å². The molecule has 3 aromatic rings. The number of benzene rings is 1. The van der Waals surface area contributed by atoms with Gasteiger partial charge in [-0.3, -0.25) is 0 Å². The predicted octanol–water partition coefficient (Wildman–Crippen LogP) is 5.03. The Bertz CT molecular complexity index is 975. The van der Waals surface area contributed by atoms with Crippen LogP contribution in [-0.2, 0) is 0 Å². The van der Waals surface area contributed by atoms with Crippen LogP contribution in [0.15, 0.2) is 24.4 Å². The summed E-state index contributed by atoms with van der Waals surface area (Å²) in [5.74, 6) is 0.674. The third-order valence-corrected chi connectivity index (χ3v) is 5.73. The monoisotopic (exact) mass is 347 g/mol. The van der Waals surface area contributed by atoms with Gasteiger partial charge in [-0.1, -0.05) is 19.3 Å². The van der Waals surface area contributed by atoms with E-state index >= 15 is 0 Å². The molecule has 0 bridgehead atoms. The van der Waals surface area contributed by atoms with Crippen molar-refractivity contribution in [2.24, 2.45) is 5.92 Å². The molecule has 134 valence electrons. The fourth-order valence-corrected chi connectivity index (χ4v) is 4.29. The lowest BCUT2D eigenvalue weighted by Gasteiger charge is -2.28. The summed E-state index contributed by atoms with van der Waals surface area (Å²) in [5.41, 5.74) is 3.54.